The van der Waals surface area contributed by atoms with Crippen LogP contribution in [0.3, 0.4) is 0 Å². The van der Waals surface area contributed by atoms with Gasteiger partial charge in [-0.15, -0.1) is 10.2 Å². The third-order valence-corrected chi connectivity index (χ3v) is 4.38. The van der Waals surface area contributed by atoms with Gasteiger partial charge in [0, 0.05) is 12.1 Å². The van der Waals surface area contributed by atoms with Gasteiger partial charge >= 0.3 is 6.18 Å². The molecule has 1 aromatic heterocycles. The Hall–Kier alpha value is -2.45. The van der Waals surface area contributed by atoms with Gasteiger partial charge in [0.2, 0.25) is 11.8 Å². The molecule has 0 saturated carbocycles. The minimum Gasteiger partial charge on any atom is -0.423 e. The van der Waals surface area contributed by atoms with E-state index in [2.05, 4.69) is 10.2 Å². The molecule has 1 atom stereocenters. The Balaban J connectivity index is 1.86. The fraction of sp³-hybridized carbons (Fsp3) is 0.471. The molecule has 9 heteroatoms. The number of nitrogens with zero attached hydrogens (tertiary/aromatic N) is 3. The molecule has 2 heterocycles. The van der Waals surface area contributed by atoms with Crippen LogP contribution < -0.4 is 0 Å². The van der Waals surface area contributed by atoms with Gasteiger partial charge in [0.1, 0.15) is 18.3 Å². The Morgan fingerprint density at radius 3 is 2.81 bits per heavy atom. The molecular weight excluding hydrogens is 354 g/mol. The quantitative estimate of drug-likeness (QED) is 0.766. The van der Waals surface area contributed by atoms with Crippen LogP contribution in [0.4, 0.5) is 17.6 Å². The van der Waals surface area contributed by atoms with E-state index in [4.69, 9.17) is 4.42 Å². The number of likely N-dealkylation sites (tertiary alicyclic amines) is 1. The molecule has 0 bridgehead atoms. The molecule has 0 N–H and O–H groups in total. The first kappa shape index (κ1) is 18.3. The lowest BCUT2D eigenvalue weighted by molar-refractivity contribution is -0.131. The third kappa shape index (κ3) is 3.86. The number of carbonyl (C=O) groups excluding carboxylic acids is 1. The summed E-state index contributed by atoms with van der Waals surface area (Å²) in [6.07, 6.45) is -3.77. The molecule has 3 rings (SSSR count). The molecule has 26 heavy (non-hydrogen) atoms. The van der Waals surface area contributed by atoms with Crippen LogP contribution in [0, 0.1) is 12.7 Å². The second-order valence-electron chi connectivity index (χ2n) is 6.25. The SMILES string of the molecule is Cc1c(F)cccc1C(=O)N1CCCCC1c1nnc(CC(F)(F)F)o1. The molecular formula is C17H17F4N3O2. The van der Waals surface area contributed by atoms with Gasteiger partial charge in [0.05, 0.1) is 0 Å². The van der Waals surface area contributed by atoms with Crippen molar-refractivity contribution in [3.05, 3.63) is 46.9 Å². The van der Waals surface area contributed by atoms with Gasteiger partial charge in [0.15, 0.2) is 0 Å². The van der Waals surface area contributed by atoms with Crippen LogP contribution in [-0.4, -0.2) is 33.7 Å². The number of piperidine rings is 1. The zero-order valence-corrected chi connectivity index (χ0v) is 14.0. The van der Waals surface area contributed by atoms with E-state index in [1.165, 1.54) is 30.0 Å². The number of hydrogen-bond donors (Lipinski definition) is 0. The first-order chi connectivity index (χ1) is 12.3. The second kappa shape index (κ2) is 7.05. The molecule has 5 nitrogen and oxygen atoms in total. The average molecular weight is 371 g/mol. The highest BCUT2D eigenvalue weighted by atomic mass is 19.4. The fourth-order valence-corrected chi connectivity index (χ4v) is 3.07. The lowest BCUT2D eigenvalue weighted by Crippen LogP contribution is -2.39. The maximum absolute atomic E-state index is 13.8. The lowest BCUT2D eigenvalue weighted by Gasteiger charge is -2.34. The van der Waals surface area contributed by atoms with Crippen molar-refractivity contribution in [1.29, 1.82) is 0 Å². The number of rotatable bonds is 3. The van der Waals surface area contributed by atoms with E-state index < -0.39 is 36.3 Å². The first-order valence-corrected chi connectivity index (χ1v) is 8.21. The molecule has 1 aliphatic heterocycles. The number of carbonyl (C=O) groups is 1. The summed E-state index contributed by atoms with van der Waals surface area (Å²) in [5.41, 5.74) is 0.442. The van der Waals surface area contributed by atoms with Crippen LogP contribution in [0.25, 0.3) is 0 Å². The van der Waals surface area contributed by atoms with Crippen molar-refractivity contribution in [2.45, 2.75) is 44.8 Å². The molecule has 0 aliphatic carbocycles. The summed E-state index contributed by atoms with van der Waals surface area (Å²) in [5, 5.41) is 7.15. The average Bonchev–Trinajstić information content (AvgIpc) is 3.03. The van der Waals surface area contributed by atoms with Crippen molar-refractivity contribution in [2.75, 3.05) is 6.54 Å². The standard InChI is InChI=1S/C17H17F4N3O2/c1-10-11(5-4-6-12(10)18)16(25)24-8-3-2-7-13(24)15-23-22-14(26-15)9-17(19,20)21/h4-6,13H,2-3,7-9H2,1H3. The molecule has 1 amide bonds. The van der Waals surface area contributed by atoms with Crippen molar-refractivity contribution in [3.8, 4) is 0 Å². The number of benzene rings is 1. The lowest BCUT2D eigenvalue weighted by atomic mass is 9.99. The molecule has 1 aromatic carbocycles. The van der Waals surface area contributed by atoms with E-state index in [0.717, 1.165) is 12.8 Å². The predicted octanol–water partition coefficient (Wildman–Crippen LogP) is 3.99. The highest BCUT2D eigenvalue weighted by Crippen LogP contribution is 2.33. The fourth-order valence-electron chi connectivity index (χ4n) is 3.07. The summed E-state index contributed by atoms with van der Waals surface area (Å²) in [6.45, 7) is 1.89. The van der Waals surface area contributed by atoms with Gasteiger partial charge in [-0.2, -0.15) is 13.2 Å². The zero-order chi connectivity index (χ0) is 18.9. The summed E-state index contributed by atoms with van der Waals surface area (Å²) in [4.78, 5) is 14.3. The monoisotopic (exact) mass is 371 g/mol. The number of halogens is 4. The Labute approximate surface area is 147 Å². The van der Waals surface area contributed by atoms with Crippen LogP contribution in [0.15, 0.2) is 22.6 Å². The molecule has 1 saturated heterocycles. The summed E-state index contributed by atoms with van der Waals surface area (Å²) >= 11 is 0. The molecule has 1 fully saturated rings. The smallest absolute Gasteiger partial charge is 0.397 e. The van der Waals surface area contributed by atoms with Crippen molar-refractivity contribution < 1.29 is 26.8 Å². The Morgan fingerprint density at radius 2 is 2.08 bits per heavy atom. The van der Waals surface area contributed by atoms with Crippen LogP contribution >= 0.6 is 0 Å². The Kier molecular flexibility index (Phi) is 4.97. The van der Waals surface area contributed by atoms with Crippen LogP contribution in [0.5, 0.6) is 0 Å². The summed E-state index contributed by atoms with van der Waals surface area (Å²) in [7, 11) is 0. The minimum absolute atomic E-state index is 0.0219. The molecule has 1 aliphatic rings. The Morgan fingerprint density at radius 1 is 1.31 bits per heavy atom. The van der Waals surface area contributed by atoms with E-state index >= 15 is 0 Å². The molecule has 0 radical (unpaired) electrons. The summed E-state index contributed by atoms with van der Waals surface area (Å²) in [5.74, 6) is -1.45. The number of aromatic nitrogens is 2. The highest BCUT2D eigenvalue weighted by Gasteiger charge is 2.35. The van der Waals surface area contributed by atoms with E-state index in [-0.39, 0.29) is 17.0 Å². The van der Waals surface area contributed by atoms with Gasteiger partial charge < -0.3 is 9.32 Å². The number of hydrogen-bond acceptors (Lipinski definition) is 4. The maximum Gasteiger partial charge on any atom is 0.397 e. The third-order valence-electron chi connectivity index (χ3n) is 4.38. The summed E-state index contributed by atoms with van der Waals surface area (Å²) < 4.78 is 56.3. The van der Waals surface area contributed by atoms with E-state index in [9.17, 15) is 22.4 Å². The predicted molar refractivity (Wildman–Crippen MR) is 82.8 cm³/mol. The highest BCUT2D eigenvalue weighted by molar-refractivity contribution is 5.96. The van der Waals surface area contributed by atoms with Crippen molar-refractivity contribution in [1.82, 2.24) is 15.1 Å². The number of alkyl halides is 3. The van der Waals surface area contributed by atoms with Gasteiger partial charge in [-0.3, -0.25) is 4.79 Å². The molecule has 2 aromatic rings. The summed E-state index contributed by atoms with van der Waals surface area (Å²) in [6, 6.07) is 3.62. The first-order valence-electron chi connectivity index (χ1n) is 8.21. The maximum atomic E-state index is 13.8. The number of amides is 1. The van der Waals surface area contributed by atoms with Gasteiger partial charge in [-0.05, 0) is 43.9 Å². The largest absolute Gasteiger partial charge is 0.423 e. The van der Waals surface area contributed by atoms with E-state index in [1.807, 2.05) is 0 Å². The normalized spacial score (nSPS) is 18.2. The minimum atomic E-state index is -4.45. The zero-order valence-electron chi connectivity index (χ0n) is 14.0. The Bertz CT molecular complexity index is 804. The van der Waals surface area contributed by atoms with Crippen LogP contribution in [-0.2, 0) is 6.42 Å². The van der Waals surface area contributed by atoms with Crippen molar-refractivity contribution in [3.63, 3.8) is 0 Å². The van der Waals surface area contributed by atoms with E-state index in [0.29, 0.717) is 13.0 Å². The molecule has 0 spiro atoms. The van der Waals surface area contributed by atoms with Gasteiger partial charge in [0.25, 0.3) is 5.91 Å². The van der Waals surface area contributed by atoms with Crippen LogP contribution in [0.2, 0.25) is 0 Å². The molecule has 1 unspecified atom stereocenters. The van der Waals surface area contributed by atoms with Gasteiger partial charge in [-0.25, -0.2) is 4.39 Å². The van der Waals surface area contributed by atoms with Crippen LogP contribution in [0.1, 0.15) is 53.0 Å². The van der Waals surface area contributed by atoms with Gasteiger partial charge in [-0.1, -0.05) is 6.07 Å². The van der Waals surface area contributed by atoms with E-state index in [1.54, 1.807) is 0 Å². The molecule has 140 valence electrons. The van der Waals surface area contributed by atoms with Crippen molar-refractivity contribution >= 4 is 5.91 Å². The second-order valence-corrected chi connectivity index (χ2v) is 6.25. The topological polar surface area (TPSA) is 59.2 Å². The van der Waals surface area contributed by atoms with Crippen molar-refractivity contribution in [2.24, 2.45) is 0 Å².